The number of carbonyl (C=O) groups excluding carboxylic acids is 1. The number of para-hydroxylation sites is 1. The molecule has 0 bridgehead atoms. The number of nitro benzene ring substituents is 1. The number of amides is 1. The molecule has 160 valence electrons. The number of alkyl carbamates (subject to hydrolysis) is 1. The van der Waals surface area contributed by atoms with Gasteiger partial charge in [0.2, 0.25) is 0 Å². The molecule has 0 saturated carbocycles. The van der Waals surface area contributed by atoms with Crippen LogP contribution in [0.4, 0.5) is 16.3 Å². The second-order valence-corrected chi connectivity index (χ2v) is 8.33. The van der Waals surface area contributed by atoms with Crippen LogP contribution in [-0.2, 0) is 11.2 Å². The predicted octanol–water partition coefficient (Wildman–Crippen LogP) is 3.47. The Morgan fingerprint density at radius 1 is 1.33 bits per heavy atom. The average Bonchev–Trinajstić information content (AvgIpc) is 2.67. The summed E-state index contributed by atoms with van der Waals surface area (Å²) in [5.41, 5.74) is 0.0916. The highest BCUT2D eigenvalue weighted by Crippen LogP contribution is 2.22. The van der Waals surface area contributed by atoms with Crippen molar-refractivity contribution in [2.75, 3.05) is 18.0 Å². The van der Waals surface area contributed by atoms with E-state index in [1.807, 2.05) is 26.8 Å². The van der Waals surface area contributed by atoms with Crippen LogP contribution in [0.1, 0.15) is 45.0 Å². The van der Waals surface area contributed by atoms with Gasteiger partial charge in [-0.2, -0.15) is 0 Å². The lowest BCUT2D eigenvalue weighted by atomic mass is 10.1. The van der Waals surface area contributed by atoms with E-state index in [1.54, 1.807) is 24.4 Å². The second kappa shape index (κ2) is 9.06. The van der Waals surface area contributed by atoms with Crippen LogP contribution in [0.2, 0.25) is 0 Å². The Balaban J connectivity index is 1.68. The highest BCUT2D eigenvalue weighted by Gasteiger charge is 2.25. The molecule has 9 nitrogen and oxygen atoms in total. The summed E-state index contributed by atoms with van der Waals surface area (Å²) in [7, 11) is 0. The van der Waals surface area contributed by atoms with Crippen LogP contribution < -0.4 is 10.2 Å². The third kappa shape index (κ3) is 5.88. The van der Waals surface area contributed by atoms with E-state index in [4.69, 9.17) is 4.74 Å². The number of nitrogens with zero attached hydrogens (tertiary/aromatic N) is 4. The molecular formula is C21H27N5O4. The second-order valence-electron chi connectivity index (χ2n) is 8.33. The number of carbonyl (C=O) groups is 1. The van der Waals surface area contributed by atoms with Crippen molar-refractivity contribution in [1.82, 2.24) is 15.3 Å². The van der Waals surface area contributed by atoms with E-state index in [1.165, 1.54) is 6.07 Å². The normalized spacial score (nSPS) is 16.8. The lowest BCUT2D eigenvalue weighted by Crippen LogP contribution is -2.49. The van der Waals surface area contributed by atoms with E-state index in [9.17, 15) is 14.9 Å². The van der Waals surface area contributed by atoms with E-state index < -0.39 is 16.6 Å². The molecule has 3 rings (SSSR count). The average molecular weight is 413 g/mol. The van der Waals surface area contributed by atoms with Gasteiger partial charge in [0.05, 0.1) is 4.92 Å². The van der Waals surface area contributed by atoms with Crippen LogP contribution in [-0.4, -0.2) is 45.7 Å². The number of rotatable bonds is 5. The first-order valence-corrected chi connectivity index (χ1v) is 10.00. The van der Waals surface area contributed by atoms with Crippen molar-refractivity contribution in [3.63, 3.8) is 0 Å². The number of ether oxygens (including phenoxy) is 1. The van der Waals surface area contributed by atoms with E-state index >= 15 is 0 Å². The van der Waals surface area contributed by atoms with Gasteiger partial charge in [0, 0.05) is 43.4 Å². The largest absolute Gasteiger partial charge is 0.444 e. The van der Waals surface area contributed by atoms with E-state index in [0.29, 0.717) is 17.9 Å². The topological polar surface area (TPSA) is 110 Å². The monoisotopic (exact) mass is 413 g/mol. The number of benzene rings is 1. The Hall–Kier alpha value is -3.23. The first kappa shape index (κ1) is 21.5. The molecule has 0 aliphatic carbocycles. The third-order valence-electron chi connectivity index (χ3n) is 4.69. The lowest BCUT2D eigenvalue weighted by Gasteiger charge is -2.34. The third-order valence-corrected chi connectivity index (χ3v) is 4.69. The minimum Gasteiger partial charge on any atom is -0.444 e. The number of nitro groups is 1. The molecule has 30 heavy (non-hydrogen) atoms. The first-order chi connectivity index (χ1) is 14.2. The molecule has 9 heteroatoms. The molecule has 2 heterocycles. The van der Waals surface area contributed by atoms with Gasteiger partial charge in [-0.05, 0) is 39.7 Å². The Labute approximate surface area is 175 Å². The summed E-state index contributed by atoms with van der Waals surface area (Å²) >= 11 is 0. The van der Waals surface area contributed by atoms with Crippen molar-refractivity contribution in [1.29, 1.82) is 0 Å². The smallest absolute Gasteiger partial charge is 0.407 e. The Morgan fingerprint density at radius 3 is 2.83 bits per heavy atom. The molecular weight excluding hydrogens is 386 g/mol. The van der Waals surface area contributed by atoms with Crippen LogP contribution in [0.15, 0.2) is 36.5 Å². The number of anilines is 1. The summed E-state index contributed by atoms with van der Waals surface area (Å²) in [4.78, 5) is 33.9. The van der Waals surface area contributed by atoms with Gasteiger partial charge < -0.3 is 15.0 Å². The molecule has 1 aromatic heterocycles. The molecule has 1 unspecified atom stereocenters. The SMILES string of the molecule is CC(C)(C)OC(=O)NC1CCCN(c2ccnc(Cc3ccccc3[N+](=O)[O-])n2)C1. The molecule has 1 aliphatic rings. The fourth-order valence-corrected chi connectivity index (χ4v) is 3.44. The summed E-state index contributed by atoms with van der Waals surface area (Å²) in [6.07, 6.45) is 3.29. The number of nitrogens with one attached hydrogen (secondary N) is 1. The van der Waals surface area contributed by atoms with Crippen LogP contribution in [0, 0.1) is 10.1 Å². The quantitative estimate of drug-likeness (QED) is 0.590. The van der Waals surface area contributed by atoms with Crippen molar-refractivity contribution in [2.45, 2.75) is 51.7 Å². The van der Waals surface area contributed by atoms with Gasteiger partial charge in [0.1, 0.15) is 17.2 Å². The predicted molar refractivity (Wildman–Crippen MR) is 113 cm³/mol. The first-order valence-electron chi connectivity index (χ1n) is 10.00. The number of piperidine rings is 1. The molecule has 0 spiro atoms. The summed E-state index contributed by atoms with van der Waals surface area (Å²) in [6.45, 7) is 6.92. The molecule has 1 amide bonds. The van der Waals surface area contributed by atoms with Gasteiger partial charge in [-0.15, -0.1) is 0 Å². The summed E-state index contributed by atoms with van der Waals surface area (Å²) in [5.74, 6) is 1.26. The van der Waals surface area contributed by atoms with Gasteiger partial charge in [-0.1, -0.05) is 18.2 Å². The van der Waals surface area contributed by atoms with E-state index in [2.05, 4.69) is 20.2 Å². The molecule has 1 aliphatic heterocycles. The summed E-state index contributed by atoms with van der Waals surface area (Å²) in [6, 6.07) is 8.39. The zero-order valence-corrected chi connectivity index (χ0v) is 17.5. The number of hydrogen-bond acceptors (Lipinski definition) is 7. The minimum atomic E-state index is -0.542. The van der Waals surface area contributed by atoms with Crippen molar-refractivity contribution < 1.29 is 14.5 Å². The van der Waals surface area contributed by atoms with Gasteiger partial charge in [-0.25, -0.2) is 14.8 Å². The molecule has 0 radical (unpaired) electrons. The molecule has 1 N–H and O–H groups in total. The van der Waals surface area contributed by atoms with E-state index in [-0.39, 0.29) is 18.2 Å². The fourth-order valence-electron chi connectivity index (χ4n) is 3.44. The molecule has 1 atom stereocenters. The van der Waals surface area contributed by atoms with Crippen LogP contribution >= 0.6 is 0 Å². The number of aromatic nitrogens is 2. The zero-order chi connectivity index (χ0) is 21.7. The van der Waals surface area contributed by atoms with Gasteiger partial charge in [0.25, 0.3) is 5.69 Å². The maximum absolute atomic E-state index is 12.1. The highest BCUT2D eigenvalue weighted by atomic mass is 16.6. The molecule has 1 fully saturated rings. The van der Waals surface area contributed by atoms with Crippen LogP contribution in [0.5, 0.6) is 0 Å². The molecule has 1 saturated heterocycles. The van der Waals surface area contributed by atoms with Crippen LogP contribution in [0.25, 0.3) is 0 Å². The van der Waals surface area contributed by atoms with E-state index in [0.717, 1.165) is 25.2 Å². The van der Waals surface area contributed by atoms with Crippen molar-refractivity contribution in [2.24, 2.45) is 0 Å². The highest BCUT2D eigenvalue weighted by molar-refractivity contribution is 5.68. The van der Waals surface area contributed by atoms with Crippen molar-refractivity contribution in [3.05, 3.63) is 58.0 Å². The fraction of sp³-hybridized carbons (Fsp3) is 0.476. The lowest BCUT2D eigenvalue weighted by molar-refractivity contribution is -0.385. The van der Waals surface area contributed by atoms with Crippen LogP contribution in [0.3, 0.4) is 0 Å². The maximum atomic E-state index is 12.1. The Kier molecular flexibility index (Phi) is 6.49. The minimum absolute atomic E-state index is 0.0396. The summed E-state index contributed by atoms with van der Waals surface area (Å²) < 4.78 is 5.35. The molecule has 1 aromatic carbocycles. The maximum Gasteiger partial charge on any atom is 0.407 e. The number of hydrogen-bond donors (Lipinski definition) is 1. The van der Waals surface area contributed by atoms with Crippen molar-refractivity contribution in [3.8, 4) is 0 Å². The van der Waals surface area contributed by atoms with Gasteiger partial charge >= 0.3 is 6.09 Å². The van der Waals surface area contributed by atoms with Gasteiger partial charge in [-0.3, -0.25) is 10.1 Å². The van der Waals surface area contributed by atoms with Gasteiger partial charge in [0.15, 0.2) is 0 Å². The Morgan fingerprint density at radius 2 is 2.10 bits per heavy atom. The molecule has 2 aromatic rings. The van der Waals surface area contributed by atoms with Crippen molar-refractivity contribution >= 4 is 17.6 Å². The summed E-state index contributed by atoms with van der Waals surface area (Å²) in [5, 5.41) is 14.2. The Bertz CT molecular complexity index is 912. The standard InChI is InChI=1S/C21H27N5O4/c1-21(2,3)30-20(27)23-16-8-6-12-25(14-16)19-10-11-22-18(24-19)13-15-7-4-5-9-17(15)26(28)29/h4-5,7,9-11,16H,6,8,12-14H2,1-3H3,(H,23,27). The zero-order valence-electron chi connectivity index (χ0n) is 17.5.